The number of hydrogen-bond donors (Lipinski definition) is 3. The third-order valence-electron chi connectivity index (χ3n) is 8.42. The molecule has 4 aromatic carbocycles. The number of aromatic nitrogens is 2. The van der Waals surface area contributed by atoms with Crippen LogP contribution < -0.4 is 11.1 Å². The zero-order valence-corrected chi connectivity index (χ0v) is 28.2. The second kappa shape index (κ2) is 14.2. The highest BCUT2D eigenvalue weighted by molar-refractivity contribution is 7.89. The molecule has 4 N–H and O–H groups in total. The molecule has 2 aromatic heterocycles. The first kappa shape index (κ1) is 33.9. The minimum Gasteiger partial charge on any atom is -0.368 e. The van der Waals surface area contributed by atoms with Crippen LogP contribution in [0.1, 0.15) is 32.6 Å². The molecule has 0 saturated carbocycles. The summed E-state index contributed by atoms with van der Waals surface area (Å²) in [7, 11) is -4.64. The molecule has 0 bridgehead atoms. The van der Waals surface area contributed by atoms with Crippen molar-refractivity contribution in [3.05, 3.63) is 143 Å². The lowest BCUT2D eigenvalue weighted by molar-refractivity contribution is -0.129. The van der Waals surface area contributed by atoms with Crippen LogP contribution in [0, 0.1) is 13.8 Å². The normalized spacial score (nSPS) is 12.7. The van der Waals surface area contributed by atoms with Crippen molar-refractivity contribution in [1.82, 2.24) is 19.8 Å². The number of para-hydroxylation sites is 1. The van der Waals surface area contributed by atoms with E-state index in [9.17, 15) is 22.8 Å². The van der Waals surface area contributed by atoms with E-state index in [1.54, 1.807) is 68.6 Å². The number of aromatic amines is 1. The summed E-state index contributed by atoms with van der Waals surface area (Å²) in [5.74, 6) is -2.07. The highest BCUT2D eigenvalue weighted by Crippen LogP contribution is 2.27. The molecular weight excluding hydrogens is 655 g/mol. The number of sulfonamides is 1. The van der Waals surface area contributed by atoms with Crippen LogP contribution >= 0.6 is 0 Å². The van der Waals surface area contributed by atoms with Crippen LogP contribution in [0.4, 0.5) is 0 Å². The first-order valence-corrected chi connectivity index (χ1v) is 17.3. The first-order chi connectivity index (χ1) is 24.0. The topological polar surface area (TPSA) is 168 Å². The number of amides is 3. The first-order valence-electron chi connectivity index (χ1n) is 15.9. The molecular formula is C38H35N5O6S. The standard InChI is InChI=1S/C38H35N5O6S/c1-24-18-25(2)20-28(19-24)38(46)43(50(47,48)30-8-4-3-5-9-30)34(21-26-12-14-27(15-13-26)35-16-17-41-49-35)37(45)42-33(36(39)44)22-29-23-40-32-11-7-6-10-31(29)32/h3-20,23,33-34,40H,21-22H2,1-2H3,(H2,39,44)(H,42,45)/t33-,34-/m0/s1. The second-order valence-corrected chi connectivity index (χ2v) is 13.9. The molecule has 2 heterocycles. The van der Waals surface area contributed by atoms with Crippen molar-refractivity contribution in [3.63, 3.8) is 0 Å². The molecule has 0 radical (unpaired) electrons. The monoisotopic (exact) mass is 689 g/mol. The SMILES string of the molecule is Cc1cc(C)cc(C(=O)N([C@@H](Cc2ccc(-c3ccno3)cc2)C(=O)N[C@@H](Cc2c[nH]c3ccccc23)C(N)=O)S(=O)(=O)c2ccccc2)c1. The van der Waals surface area contributed by atoms with Crippen molar-refractivity contribution in [3.8, 4) is 11.3 Å². The lowest BCUT2D eigenvalue weighted by atomic mass is 10.00. The van der Waals surface area contributed by atoms with Gasteiger partial charge in [-0.25, -0.2) is 12.7 Å². The molecule has 50 heavy (non-hydrogen) atoms. The third kappa shape index (κ3) is 7.20. The summed E-state index contributed by atoms with van der Waals surface area (Å²) in [4.78, 5) is 44.8. The number of nitrogens with two attached hydrogens (primary N) is 1. The molecule has 6 aromatic rings. The van der Waals surface area contributed by atoms with Gasteiger partial charge in [-0.15, -0.1) is 0 Å². The van der Waals surface area contributed by atoms with E-state index >= 15 is 0 Å². The van der Waals surface area contributed by atoms with E-state index in [4.69, 9.17) is 10.3 Å². The Bertz CT molecular complexity index is 2250. The zero-order valence-electron chi connectivity index (χ0n) is 27.4. The van der Waals surface area contributed by atoms with Crippen molar-refractivity contribution in [2.24, 2.45) is 5.73 Å². The Balaban J connectivity index is 1.44. The van der Waals surface area contributed by atoms with E-state index in [1.165, 1.54) is 30.5 Å². The fraction of sp³-hybridized carbons (Fsp3) is 0.158. The predicted molar refractivity (Wildman–Crippen MR) is 188 cm³/mol. The van der Waals surface area contributed by atoms with Gasteiger partial charge in [0.05, 0.1) is 11.1 Å². The fourth-order valence-corrected chi connectivity index (χ4v) is 7.59. The van der Waals surface area contributed by atoms with Crippen LogP contribution in [0.25, 0.3) is 22.2 Å². The Morgan fingerprint density at radius 3 is 2.22 bits per heavy atom. The Morgan fingerprint density at radius 2 is 1.56 bits per heavy atom. The number of carbonyl (C=O) groups excluding carboxylic acids is 3. The van der Waals surface area contributed by atoms with E-state index < -0.39 is 39.8 Å². The van der Waals surface area contributed by atoms with Gasteiger partial charge in [0.2, 0.25) is 11.8 Å². The Morgan fingerprint density at radius 1 is 0.880 bits per heavy atom. The summed E-state index contributed by atoms with van der Waals surface area (Å²) in [5.41, 5.74) is 10.2. The maximum absolute atomic E-state index is 14.5. The van der Waals surface area contributed by atoms with E-state index in [0.717, 1.165) is 27.6 Å². The molecule has 6 rings (SSSR count). The van der Waals surface area contributed by atoms with Gasteiger partial charge in [0.25, 0.3) is 15.9 Å². The van der Waals surface area contributed by atoms with E-state index in [2.05, 4.69) is 15.5 Å². The number of aryl methyl sites for hydroxylation is 2. The largest absolute Gasteiger partial charge is 0.368 e. The number of rotatable bonds is 12. The molecule has 0 spiro atoms. The molecule has 11 nitrogen and oxygen atoms in total. The van der Waals surface area contributed by atoms with Gasteiger partial charge in [-0.05, 0) is 55.3 Å². The Hall–Kier alpha value is -6.01. The van der Waals surface area contributed by atoms with E-state index in [1.807, 2.05) is 30.3 Å². The van der Waals surface area contributed by atoms with Crippen LogP contribution in [0.15, 0.2) is 125 Å². The summed E-state index contributed by atoms with van der Waals surface area (Å²) in [5, 5.41) is 7.28. The lowest BCUT2D eigenvalue weighted by Crippen LogP contribution is -2.57. The lowest BCUT2D eigenvalue weighted by Gasteiger charge is -2.31. The zero-order chi connectivity index (χ0) is 35.4. The highest BCUT2D eigenvalue weighted by Gasteiger charge is 2.41. The van der Waals surface area contributed by atoms with Crippen LogP contribution in [-0.4, -0.2) is 52.7 Å². The second-order valence-electron chi connectivity index (χ2n) is 12.1. The van der Waals surface area contributed by atoms with Gasteiger partial charge in [0, 0.05) is 47.1 Å². The molecule has 3 amide bonds. The number of carbonyl (C=O) groups is 3. The van der Waals surface area contributed by atoms with Crippen molar-refractivity contribution in [1.29, 1.82) is 0 Å². The van der Waals surface area contributed by atoms with Crippen molar-refractivity contribution in [2.45, 2.75) is 43.7 Å². The number of H-pyrrole nitrogens is 1. The van der Waals surface area contributed by atoms with Crippen LogP contribution in [0.2, 0.25) is 0 Å². The fourth-order valence-electron chi connectivity index (χ4n) is 6.04. The maximum Gasteiger partial charge on any atom is 0.268 e. The summed E-state index contributed by atoms with van der Waals surface area (Å²) in [6, 6.07) is 25.7. The van der Waals surface area contributed by atoms with Crippen molar-refractivity contribution < 1.29 is 27.3 Å². The number of nitrogens with zero attached hydrogens (tertiary/aromatic N) is 2. The van der Waals surface area contributed by atoms with Gasteiger partial charge in [0.15, 0.2) is 5.76 Å². The van der Waals surface area contributed by atoms with Crippen molar-refractivity contribution >= 4 is 38.6 Å². The average molecular weight is 690 g/mol. The predicted octanol–water partition coefficient (Wildman–Crippen LogP) is 5.09. The molecule has 0 aliphatic rings. The van der Waals surface area contributed by atoms with Gasteiger partial charge >= 0.3 is 0 Å². The minimum absolute atomic E-state index is 0.0279. The molecule has 0 saturated heterocycles. The number of hydrogen-bond acceptors (Lipinski definition) is 7. The van der Waals surface area contributed by atoms with Gasteiger partial charge in [-0.2, -0.15) is 0 Å². The summed E-state index contributed by atoms with van der Waals surface area (Å²) < 4.78 is 34.9. The van der Waals surface area contributed by atoms with E-state index in [0.29, 0.717) is 21.2 Å². The molecule has 12 heteroatoms. The summed E-state index contributed by atoms with van der Waals surface area (Å²) in [6.45, 7) is 3.59. The molecule has 2 atom stereocenters. The summed E-state index contributed by atoms with van der Waals surface area (Å²) >= 11 is 0. The number of primary amides is 1. The van der Waals surface area contributed by atoms with Gasteiger partial charge in [0.1, 0.15) is 12.1 Å². The van der Waals surface area contributed by atoms with Gasteiger partial charge in [-0.3, -0.25) is 14.4 Å². The minimum atomic E-state index is -4.64. The average Bonchev–Trinajstić information content (AvgIpc) is 3.79. The van der Waals surface area contributed by atoms with E-state index in [-0.39, 0.29) is 23.3 Å². The third-order valence-corrected chi connectivity index (χ3v) is 10.2. The molecule has 0 fully saturated rings. The number of fused-ring (bicyclic) bond motifs is 1. The maximum atomic E-state index is 14.5. The van der Waals surface area contributed by atoms with Crippen LogP contribution in [-0.2, 0) is 32.5 Å². The highest BCUT2D eigenvalue weighted by atomic mass is 32.2. The van der Waals surface area contributed by atoms with Crippen LogP contribution in [0.5, 0.6) is 0 Å². The van der Waals surface area contributed by atoms with Crippen molar-refractivity contribution in [2.75, 3.05) is 0 Å². The van der Waals surface area contributed by atoms with Gasteiger partial charge in [-0.1, -0.05) is 83.0 Å². The quantitative estimate of drug-likeness (QED) is 0.161. The molecule has 0 aliphatic heterocycles. The van der Waals surface area contributed by atoms with Gasteiger partial charge < -0.3 is 20.6 Å². The molecule has 254 valence electrons. The molecule has 0 aliphatic carbocycles. The number of benzene rings is 4. The summed E-state index contributed by atoms with van der Waals surface area (Å²) in [6.07, 6.45) is 3.06. The Labute approximate surface area is 289 Å². The Kier molecular flexibility index (Phi) is 9.64. The number of nitrogens with one attached hydrogen (secondary N) is 2. The molecule has 0 unspecified atom stereocenters. The van der Waals surface area contributed by atoms with Crippen LogP contribution in [0.3, 0.4) is 0 Å². The smallest absolute Gasteiger partial charge is 0.268 e.